The Labute approximate surface area is 213 Å². The summed E-state index contributed by atoms with van der Waals surface area (Å²) in [5.41, 5.74) is 0.390. The van der Waals surface area contributed by atoms with Crippen LogP contribution in [0.3, 0.4) is 0 Å². The van der Waals surface area contributed by atoms with Gasteiger partial charge in [-0.15, -0.1) is 0 Å². The van der Waals surface area contributed by atoms with Crippen LogP contribution in [-0.2, 0) is 10.0 Å². The maximum Gasteiger partial charge on any atom is 0.269 e. The number of halogens is 2. The van der Waals surface area contributed by atoms with Gasteiger partial charge in [-0.3, -0.25) is 0 Å². The van der Waals surface area contributed by atoms with Gasteiger partial charge in [0.1, 0.15) is 0 Å². The van der Waals surface area contributed by atoms with Crippen molar-refractivity contribution >= 4 is 38.5 Å². The number of nitrogens with one attached hydrogen (secondary N) is 1. The van der Waals surface area contributed by atoms with Crippen molar-refractivity contribution in [2.45, 2.75) is 56.1 Å². The Hall–Kier alpha value is -3.08. The quantitative estimate of drug-likeness (QED) is 0.377. The number of aliphatic hydroxyl groups is 1. The summed E-state index contributed by atoms with van der Waals surface area (Å²) in [6.07, 6.45) is 6.82. The second kappa shape index (κ2) is 9.10. The molecule has 36 heavy (non-hydrogen) atoms. The van der Waals surface area contributed by atoms with Crippen LogP contribution < -0.4 is 5.32 Å². The van der Waals surface area contributed by atoms with Gasteiger partial charge in [-0.05, 0) is 44.9 Å². The number of hydrogen-bond donors (Lipinski definition) is 2. The minimum absolute atomic E-state index is 0.0653. The van der Waals surface area contributed by atoms with Gasteiger partial charge < -0.3 is 10.4 Å². The van der Waals surface area contributed by atoms with E-state index in [0.717, 1.165) is 28.6 Å². The Bertz CT molecular complexity index is 1550. The number of hydrogen-bond acceptors (Lipinski definition) is 7. The van der Waals surface area contributed by atoms with E-state index >= 15 is 0 Å². The zero-order valence-electron chi connectivity index (χ0n) is 19.7. The highest BCUT2D eigenvalue weighted by Crippen LogP contribution is 2.34. The van der Waals surface area contributed by atoms with E-state index in [1.54, 1.807) is 25.1 Å². The number of rotatable bonds is 5. The third-order valence-corrected chi connectivity index (χ3v) is 8.50. The first-order valence-corrected chi connectivity index (χ1v) is 13.4. The summed E-state index contributed by atoms with van der Waals surface area (Å²) in [5.74, 6) is -0.641. The minimum Gasteiger partial charge on any atom is -0.388 e. The molecule has 1 aliphatic carbocycles. The monoisotopic (exact) mass is 529 g/mol. The summed E-state index contributed by atoms with van der Waals surface area (Å²) >= 11 is 6.19. The molecule has 0 bridgehead atoms. The Balaban J connectivity index is 1.62. The molecule has 1 aromatic carbocycles. The summed E-state index contributed by atoms with van der Waals surface area (Å²) in [6, 6.07) is 7.67. The molecule has 3 heterocycles. The number of aryl methyl sites for hydroxylation is 1. The first kappa shape index (κ1) is 24.6. The smallest absolute Gasteiger partial charge is 0.269 e. The Morgan fingerprint density at radius 1 is 1.19 bits per heavy atom. The molecule has 1 aliphatic rings. The largest absolute Gasteiger partial charge is 0.388 e. The van der Waals surface area contributed by atoms with Crippen LogP contribution in [0.15, 0.2) is 53.8 Å². The minimum atomic E-state index is -4.01. The lowest BCUT2D eigenvalue weighted by Gasteiger charge is -2.37. The average molecular weight is 530 g/mol. The molecule has 4 aromatic rings. The predicted octanol–water partition coefficient (Wildman–Crippen LogP) is 4.94. The topological polar surface area (TPSA) is 110 Å². The lowest BCUT2D eigenvalue weighted by Crippen LogP contribution is -2.47. The zero-order chi connectivity index (χ0) is 25.7. The van der Waals surface area contributed by atoms with Gasteiger partial charge in [0.05, 0.1) is 27.8 Å². The molecule has 0 radical (unpaired) electrons. The van der Waals surface area contributed by atoms with Crippen molar-refractivity contribution in [2.24, 2.45) is 0 Å². The predicted molar refractivity (Wildman–Crippen MR) is 136 cm³/mol. The van der Waals surface area contributed by atoms with Crippen LogP contribution in [0, 0.1) is 12.7 Å². The van der Waals surface area contributed by atoms with E-state index in [1.807, 2.05) is 6.92 Å². The van der Waals surface area contributed by atoms with E-state index in [1.165, 1.54) is 24.5 Å². The molecule has 5 rings (SSSR count). The van der Waals surface area contributed by atoms with E-state index in [-0.39, 0.29) is 28.2 Å². The Kier molecular flexibility index (Phi) is 6.22. The van der Waals surface area contributed by atoms with Gasteiger partial charge in [-0.2, -0.15) is 0 Å². The highest BCUT2D eigenvalue weighted by atomic mass is 35.5. The first-order valence-electron chi connectivity index (χ1n) is 11.6. The Morgan fingerprint density at radius 2 is 1.94 bits per heavy atom. The summed E-state index contributed by atoms with van der Waals surface area (Å²) in [5, 5.41) is 14.5. The molecule has 1 saturated carbocycles. The van der Waals surface area contributed by atoms with Crippen LogP contribution in [0.5, 0.6) is 0 Å². The van der Waals surface area contributed by atoms with Crippen molar-refractivity contribution in [3.05, 3.63) is 65.3 Å². The number of pyridine rings is 1. The molecule has 3 aromatic heterocycles. The van der Waals surface area contributed by atoms with Gasteiger partial charge in [0, 0.05) is 23.3 Å². The van der Waals surface area contributed by atoms with Crippen LogP contribution >= 0.6 is 11.6 Å². The van der Waals surface area contributed by atoms with E-state index in [2.05, 4.69) is 20.3 Å². The normalized spacial score (nSPS) is 20.5. The number of anilines is 1. The van der Waals surface area contributed by atoms with Crippen LogP contribution in [0.4, 0.5) is 10.2 Å². The highest BCUT2D eigenvalue weighted by Gasteiger charge is 2.35. The van der Waals surface area contributed by atoms with Crippen molar-refractivity contribution < 1.29 is 17.9 Å². The van der Waals surface area contributed by atoms with Gasteiger partial charge in [0.2, 0.25) is 0 Å². The molecule has 2 atom stereocenters. The van der Waals surface area contributed by atoms with Crippen molar-refractivity contribution in [3.63, 3.8) is 0 Å². The third-order valence-electron chi connectivity index (χ3n) is 6.63. The molecular formula is C25H25ClFN5O3S. The lowest BCUT2D eigenvalue weighted by molar-refractivity contribution is 0.0103. The third kappa shape index (κ3) is 4.44. The molecule has 0 amide bonds. The first-order chi connectivity index (χ1) is 17.1. The van der Waals surface area contributed by atoms with Gasteiger partial charge in [-0.1, -0.05) is 42.1 Å². The van der Waals surface area contributed by atoms with Crippen molar-refractivity contribution in [2.75, 3.05) is 5.32 Å². The van der Waals surface area contributed by atoms with Gasteiger partial charge >= 0.3 is 0 Å². The fourth-order valence-corrected chi connectivity index (χ4v) is 6.03. The molecule has 8 nitrogen and oxygen atoms in total. The molecule has 0 aliphatic heterocycles. The van der Waals surface area contributed by atoms with Crippen LogP contribution in [-0.4, -0.2) is 44.1 Å². The molecule has 0 spiro atoms. The zero-order valence-corrected chi connectivity index (χ0v) is 21.3. The number of fused-ring (bicyclic) bond motifs is 1. The highest BCUT2D eigenvalue weighted by molar-refractivity contribution is 7.90. The van der Waals surface area contributed by atoms with Gasteiger partial charge in [-0.25, -0.2) is 31.7 Å². The molecular weight excluding hydrogens is 505 g/mol. The summed E-state index contributed by atoms with van der Waals surface area (Å²) < 4.78 is 42.8. The number of benzene rings is 1. The Morgan fingerprint density at radius 3 is 2.67 bits per heavy atom. The van der Waals surface area contributed by atoms with E-state index in [4.69, 9.17) is 11.6 Å². The second-order valence-electron chi connectivity index (χ2n) is 9.37. The van der Waals surface area contributed by atoms with Crippen LogP contribution in [0.25, 0.3) is 22.4 Å². The molecule has 11 heteroatoms. The summed E-state index contributed by atoms with van der Waals surface area (Å²) in [4.78, 5) is 12.9. The van der Waals surface area contributed by atoms with Crippen molar-refractivity contribution in [1.82, 2.24) is 18.9 Å². The van der Waals surface area contributed by atoms with E-state index in [9.17, 15) is 17.9 Å². The van der Waals surface area contributed by atoms with E-state index in [0.29, 0.717) is 28.8 Å². The maximum absolute atomic E-state index is 14.7. The van der Waals surface area contributed by atoms with Gasteiger partial charge in [0.25, 0.3) is 10.0 Å². The fourth-order valence-electron chi connectivity index (χ4n) is 4.55. The summed E-state index contributed by atoms with van der Waals surface area (Å²) in [7, 11) is -4.01. The second-order valence-corrected chi connectivity index (χ2v) is 11.6. The molecule has 1 fully saturated rings. The van der Waals surface area contributed by atoms with Crippen LogP contribution in [0.2, 0.25) is 5.02 Å². The molecule has 0 saturated heterocycles. The number of aromatic nitrogens is 4. The number of nitrogens with zero attached hydrogens (tertiary/aromatic N) is 4. The lowest BCUT2D eigenvalue weighted by atomic mass is 9.82. The van der Waals surface area contributed by atoms with Crippen molar-refractivity contribution in [1.29, 1.82) is 0 Å². The maximum atomic E-state index is 14.7. The van der Waals surface area contributed by atoms with E-state index < -0.39 is 21.4 Å². The van der Waals surface area contributed by atoms with Gasteiger partial charge in [0.15, 0.2) is 23.1 Å². The molecule has 188 valence electrons. The average Bonchev–Trinajstić information content (AvgIpc) is 3.21. The summed E-state index contributed by atoms with van der Waals surface area (Å²) in [6.45, 7) is 3.59. The standard InChI is InChI=1S/C25H25ClFN5O3S/c1-15-6-8-17(9-7-15)36(34,35)32-14-19(18-11-16(26)12-29-24(18)32)22-28-13-20(27)23(31-22)30-21-5-3-4-10-25(21,2)33/h6-9,11-14,21,33H,3-5,10H2,1-2H3,(H,28,30,31). The fraction of sp³-hybridized carbons (Fsp3) is 0.320. The SMILES string of the molecule is Cc1ccc(S(=O)(=O)n2cc(-c3ncc(F)c(NC4CCCCC4(C)O)n3)c3cc(Cl)cnc32)cc1. The van der Waals surface area contributed by atoms with Crippen molar-refractivity contribution in [3.8, 4) is 11.4 Å². The molecule has 2 N–H and O–H groups in total. The molecule has 2 unspecified atom stereocenters. The van der Waals surface area contributed by atoms with Crippen LogP contribution in [0.1, 0.15) is 38.2 Å².